The summed E-state index contributed by atoms with van der Waals surface area (Å²) in [6.07, 6.45) is 15.0. The van der Waals surface area contributed by atoms with Crippen LogP contribution in [0.25, 0.3) is 0 Å². The third kappa shape index (κ3) is 64.2. The molecule has 3 aliphatic carbocycles. The monoisotopic (exact) mass is 248 g/mol. The first kappa shape index (κ1) is 25.7. The molecule has 1 saturated heterocycles. The number of epoxide rings is 1. The summed E-state index contributed by atoms with van der Waals surface area (Å²) in [6, 6.07) is 0. The van der Waals surface area contributed by atoms with E-state index in [4.69, 9.17) is 0 Å². The molecule has 0 aromatic rings. The lowest BCUT2D eigenvalue weighted by Crippen LogP contribution is -1.85. The van der Waals surface area contributed by atoms with Crippen LogP contribution in [-0.2, 0) is 4.74 Å². The molecule has 0 amide bonds. The molecular weight excluding hydrogens is 208 g/mol. The van der Waals surface area contributed by atoms with E-state index in [1.165, 1.54) is 64.2 Å². The van der Waals surface area contributed by atoms with Gasteiger partial charge in [0.15, 0.2) is 0 Å². The summed E-state index contributed by atoms with van der Waals surface area (Å²) in [5.41, 5.74) is 0. The van der Waals surface area contributed by atoms with Crippen molar-refractivity contribution in [2.24, 2.45) is 0 Å². The molecule has 0 aromatic carbocycles. The predicted octanol–water partition coefficient (Wildman–Crippen LogP) is 6.46. The first-order valence-electron chi connectivity index (χ1n) is 6.08. The minimum absolute atomic E-state index is 0. The molecule has 1 nitrogen and oxygen atoms in total. The summed E-state index contributed by atoms with van der Waals surface area (Å²) in [4.78, 5) is 0. The zero-order valence-electron chi connectivity index (χ0n) is 8.89. The fourth-order valence-electron chi connectivity index (χ4n) is 0.250. The first-order chi connectivity index (χ1) is 6.50. The van der Waals surface area contributed by atoms with Gasteiger partial charge in [-0.1, -0.05) is 93.9 Å². The topological polar surface area (TPSA) is 12.5 Å². The lowest BCUT2D eigenvalue weighted by molar-refractivity contribution is 0.475. The van der Waals surface area contributed by atoms with E-state index in [0.29, 0.717) is 0 Å². The van der Waals surface area contributed by atoms with E-state index in [1.807, 2.05) is 0 Å². The van der Waals surface area contributed by atoms with Gasteiger partial charge in [-0.25, -0.2) is 0 Å². The van der Waals surface area contributed by atoms with Crippen LogP contribution < -0.4 is 0 Å². The summed E-state index contributed by atoms with van der Waals surface area (Å²) in [7, 11) is 0. The summed E-state index contributed by atoms with van der Waals surface area (Å²) in [5.74, 6) is 0. The van der Waals surface area contributed by atoms with Crippen LogP contribution in [0.3, 0.4) is 0 Å². The van der Waals surface area contributed by atoms with Crippen molar-refractivity contribution in [3.63, 3.8) is 0 Å². The van der Waals surface area contributed by atoms with E-state index in [0.717, 1.165) is 13.2 Å². The van der Waals surface area contributed by atoms with Gasteiger partial charge in [-0.2, -0.15) is 0 Å². The van der Waals surface area contributed by atoms with E-state index >= 15 is 0 Å². The van der Waals surface area contributed by atoms with Gasteiger partial charge >= 0.3 is 0 Å². The maximum Gasteiger partial charge on any atom is 0.0701 e. The van der Waals surface area contributed by atoms with Gasteiger partial charge in [0.25, 0.3) is 0 Å². The Balaban J connectivity index is -0.0000000618. The average molecular weight is 248 g/mol. The van der Waals surface area contributed by atoms with Crippen LogP contribution in [0.4, 0.5) is 0 Å². The van der Waals surface area contributed by atoms with Crippen molar-refractivity contribution < 1.29 is 4.74 Å². The second kappa shape index (κ2) is 21.3. The Bertz CT molecular complexity index is 65.2. The molecule has 1 heteroatoms. The Labute approximate surface area is 112 Å². The molecule has 0 atom stereocenters. The van der Waals surface area contributed by atoms with Crippen LogP contribution in [0.5, 0.6) is 0 Å². The minimum atomic E-state index is 0. The third-order valence-electron chi connectivity index (χ3n) is 1.91. The summed E-state index contributed by atoms with van der Waals surface area (Å²) >= 11 is 0. The van der Waals surface area contributed by atoms with E-state index in [-0.39, 0.29) is 29.7 Å². The minimum Gasteiger partial charge on any atom is -0.377 e. The molecule has 1 aliphatic heterocycles. The highest BCUT2D eigenvalue weighted by Crippen LogP contribution is 2.15. The lowest BCUT2D eigenvalue weighted by atomic mass is 10.0. The number of ether oxygens (including phenoxy) is 1. The standard InChI is InChI=1S/C4H8.2C3H6.C2H4O.4CH4/c1-2-4-3-1;3*1-2-3-1;;;;/h1-4H2;2*1-3H2;1-2H2;4*1H4. The van der Waals surface area contributed by atoms with Crippen LogP contribution in [0.2, 0.25) is 0 Å². The highest BCUT2D eigenvalue weighted by atomic mass is 16.6. The van der Waals surface area contributed by atoms with Crippen LogP contribution in [0.1, 0.15) is 93.9 Å². The zero-order valence-corrected chi connectivity index (χ0v) is 8.89. The molecule has 4 aliphatic rings. The second-order valence-electron chi connectivity index (χ2n) is 4.15. The molecule has 110 valence electrons. The predicted molar refractivity (Wildman–Crippen MR) is 83.9 cm³/mol. The maximum absolute atomic E-state index is 4.50. The highest BCUT2D eigenvalue weighted by molar-refractivity contribution is 4.51. The SMILES string of the molecule is C.C.C.C.C1CC1.C1CC1.C1CCC1.C1CO1. The zero-order chi connectivity index (χ0) is 9.19. The van der Waals surface area contributed by atoms with Crippen molar-refractivity contribution in [2.45, 2.75) is 93.9 Å². The highest BCUT2D eigenvalue weighted by Gasteiger charge is 1.96. The fourth-order valence-corrected chi connectivity index (χ4v) is 0.250. The van der Waals surface area contributed by atoms with Gasteiger partial charge < -0.3 is 4.74 Å². The van der Waals surface area contributed by atoms with Crippen molar-refractivity contribution in [3.8, 4) is 0 Å². The van der Waals surface area contributed by atoms with E-state index in [9.17, 15) is 0 Å². The van der Waals surface area contributed by atoms with Crippen molar-refractivity contribution in [1.29, 1.82) is 0 Å². The molecule has 0 unspecified atom stereocenters. The molecule has 0 spiro atoms. The van der Waals surface area contributed by atoms with Crippen molar-refractivity contribution >= 4 is 0 Å². The van der Waals surface area contributed by atoms with Gasteiger partial charge in [0.2, 0.25) is 0 Å². The van der Waals surface area contributed by atoms with Crippen molar-refractivity contribution in [3.05, 3.63) is 0 Å². The number of rotatable bonds is 0. The smallest absolute Gasteiger partial charge is 0.0701 e. The largest absolute Gasteiger partial charge is 0.377 e. The molecule has 1 heterocycles. The molecule has 3 saturated carbocycles. The van der Waals surface area contributed by atoms with Gasteiger partial charge in [0, 0.05) is 0 Å². The first-order valence-corrected chi connectivity index (χ1v) is 6.08. The lowest BCUT2D eigenvalue weighted by Gasteiger charge is -2.05. The third-order valence-corrected chi connectivity index (χ3v) is 1.91. The fraction of sp³-hybridized carbons (Fsp3) is 1.00. The van der Waals surface area contributed by atoms with Crippen LogP contribution in [0.15, 0.2) is 0 Å². The van der Waals surface area contributed by atoms with Gasteiger partial charge in [-0.3, -0.25) is 0 Å². The second-order valence-corrected chi connectivity index (χ2v) is 4.15. The van der Waals surface area contributed by atoms with Crippen LogP contribution >= 0.6 is 0 Å². The summed E-state index contributed by atoms with van der Waals surface area (Å²) in [6.45, 7) is 2.00. The molecule has 4 rings (SSSR count). The van der Waals surface area contributed by atoms with Crippen molar-refractivity contribution in [1.82, 2.24) is 0 Å². The molecule has 4 fully saturated rings. The molecule has 0 bridgehead atoms. The Morgan fingerprint density at radius 2 is 0.471 bits per heavy atom. The van der Waals surface area contributed by atoms with Gasteiger partial charge in [0.1, 0.15) is 0 Å². The molecule has 0 radical (unpaired) electrons. The number of hydrogen-bond donors (Lipinski definition) is 0. The average Bonchev–Trinajstić information content (AvgIpc) is 2.81. The molecule has 0 aromatic heterocycles. The molecular formula is C16H40O. The maximum atomic E-state index is 4.50. The Morgan fingerprint density at radius 1 is 0.353 bits per heavy atom. The quantitative estimate of drug-likeness (QED) is 0.448. The van der Waals surface area contributed by atoms with Gasteiger partial charge in [-0.15, -0.1) is 0 Å². The van der Waals surface area contributed by atoms with Gasteiger partial charge in [-0.05, 0) is 0 Å². The Hall–Kier alpha value is -0.0400. The van der Waals surface area contributed by atoms with E-state index < -0.39 is 0 Å². The normalized spacial score (nSPS) is 18.4. The molecule has 17 heavy (non-hydrogen) atoms. The van der Waals surface area contributed by atoms with Gasteiger partial charge in [0.05, 0.1) is 13.2 Å². The Morgan fingerprint density at radius 3 is 0.471 bits per heavy atom. The summed E-state index contributed by atoms with van der Waals surface area (Å²) in [5, 5.41) is 0. The van der Waals surface area contributed by atoms with Crippen LogP contribution in [-0.4, -0.2) is 13.2 Å². The van der Waals surface area contributed by atoms with Crippen molar-refractivity contribution in [2.75, 3.05) is 13.2 Å². The summed E-state index contributed by atoms with van der Waals surface area (Å²) < 4.78 is 4.50. The molecule has 0 N–H and O–H groups in total. The van der Waals surface area contributed by atoms with E-state index in [1.54, 1.807) is 0 Å². The number of hydrogen-bond acceptors (Lipinski definition) is 1. The van der Waals surface area contributed by atoms with E-state index in [2.05, 4.69) is 4.74 Å². The van der Waals surface area contributed by atoms with Crippen LogP contribution in [0, 0.1) is 0 Å². The Kier molecular flexibility index (Phi) is 32.2.